The Labute approximate surface area is 165 Å². The summed E-state index contributed by atoms with van der Waals surface area (Å²) in [6, 6.07) is 8.70. The van der Waals surface area contributed by atoms with Gasteiger partial charge < -0.3 is 5.73 Å². The largest absolute Gasteiger partial charge is 0.372 e. The number of nitrogens with zero attached hydrogens (tertiary/aromatic N) is 2. The van der Waals surface area contributed by atoms with E-state index in [9.17, 15) is 13.2 Å². The minimum absolute atomic E-state index is 0.0529. The van der Waals surface area contributed by atoms with Gasteiger partial charge in [0.1, 0.15) is 10.8 Å². The van der Waals surface area contributed by atoms with Crippen molar-refractivity contribution in [2.75, 3.05) is 0 Å². The summed E-state index contributed by atoms with van der Waals surface area (Å²) >= 11 is 5.84. The van der Waals surface area contributed by atoms with Crippen molar-refractivity contribution in [3.05, 3.63) is 71.3 Å². The van der Waals surface area contributed by atoms with Crippen molar-refractivity contribution in [2.24, 2.45) is 5.73 Å². The average molecular weight is 408 g/mol. The zero-order valence-corrected chi connectivity index (χ0v) is 15.8. The Balaban J connectivity index is 0.000000878. The van der Waals surface area contributed by atoms with E-state index < -0.39 is 17.3 Å². The lowest BCUT2D eigenvalue weighted by atomic mass is 9.97. The van der Waals surface area contributed by atoms with E-state index >= 15 is 0 Å². The van der Waals surface area contributed by atoms with E-state index in [4.69, 9.17) is 16.4 Å². The van der Waals surface area contributed by atoms with Gasteiger partial charge in [-0.05, 0) is 66.9 Å². The summed E-state index contributed by atoms with van der Waals surface area (Å²) in [5.41, 5.74) is 4.14. The molecule has 2 aromatic heterocycles. The Hall–Kier alpha value is -2.93. The first-order valence-electron chi connectivity index (χ1n) is 8.09. The number of hydrogen-bond donors (Lipinski definition) is 1. The highest BCUT2D eigenvalue weighted by atomic mass is 35.5. The first-order valence-corrected chi connectivity index (χ1v) is 8.47. The molecular weight excluding hydrogens is 391 g/mol. The van der Waals surface area contributed by atoms with Crippen molar-refractivity contribution in [1.29, 1.82) is 0 Å². The number of rotatable bonds is 3. The third-order valence-corrected chi connectivity index (χ3v) is 3.97. The highest BCUT2D eigenvalue weighted by molar-refractivity contribution is 6.29. The predicted octanol–water partition coefficient (Wildman–Crippen LogP) is 5.05. The molecule has 3 rings (SSSR count). The van der Waals surface area contributed by atoms with Crippen molar-refractivity contribution in [3.63, 3.8) is 0 Å². The van der Waals surface area contributed by atoms with Crippen LogP contribution in [0.15, 0.2) is 48.8 Å². The van der Waals surface area contributed by atoms with Gasteiger partial charge in [-0.2, -0.15) is 0 Å². The summed E-state index contributed by atoms with van der Waals surface area (Å²) in [7, 11) is 0. The minimum Gasteiger partial charge on any atom is -0.372 e. The highest BCUT2D eigenvalue weighted by Crippen LogP contribution is 2.33. The van der Waals surface area contributed by atoms with Crippen LogP contribution in [0.2, 0.25) is 5.15 Å². The van der Waals surface area contributed by atoms with Crippen LogP contribution in [0.25, 0.3) is 22.3 Å². The molecule has 0 radical (unpaired) electrons. The number of carbonyl (C=O) groups excluding carboxylic acids is 1. The summed E-state index contributed by atoms with van der Waals surface area (Å²) in [4.78, 5) is 16.4. The van der Waals surface area contributed by atoms with Crippen LogP contribution >= 0.6 is 11.6 Å². The summed E-state index contributed by atoms with van der Waals surface area (Å²) < 4.78 is 42.5. The summed E-state index contributed by atoms with van der Waals surface area (Å²) in [6.45, 7) is 2.77. The van der Waals surface area contributed by atoms with Crippen molar-refractivity contribution in [3.8, 4) is 22.3 Å². The number of carbonyl (C=O) groups is 1. The lowest BCUT2D eigenvalue weighted by molar-refractivity contribution is -0.106. The van der Waals surface area contributed by atoms with E-state index in [1.807, 2.05) is 0 Å². The van der Waals surface area contributed by atoms with Gasteiger partial charge >= 0.3 is 0 Å². The molecule has 4 nitrogen and oxygen atoms in total. The molecule has 0 bridgehead atoms. The summed E-state index contributed by atoms with van der Waals surface area (Å²) in [5.74, 6) is -1.98. The first-order chi connectivity index (χ1) is 13.2. The van der Waals surface area contributed by atoms with Gasteiger partial charge in [0.15, 0.2) is 11.6 Å². The highest BCUT2D eigenvalue weighted by Gasteiger charge is 2.21. The van der Waals surface area contributed by atoms with Crippen molar-refractivity contribution in [1.82, 2.24) is 9.97 Å². The molecule has 146 valence electrons. The Kier molecular flexibility index (Phi) is 6.75. The molecule has 0 saturated heterocycles. The second-order valence-corrected chi connectivity index (χ2v) is 6.61. The van der Waals surface area contributed by atoms with Crippen LogP contribution in [0.5, 0.6) is 0 Å². The Morgan fingerprint density at radius 2 is 1.61 bits per heavy atom. The lowest BCUT2D eigenvalue weighted by Crippen LogP contribution is -2.11. The average Bonchev–Trinajstić information content (AvgIpc) is 2.64. The van der Waals surface area contributed by atoms with Crippen LogP contribution in [0.3, 0.4) is 0 Å². The molecule has 28 heavy (non-hydrogen) atoms. The van der Waals surface area contributed by atoms with Gasteiger partial charge in [-0.15, -0.1) is 0 Å². The number of aromatic nitrogens is 2. The number of amides is 1. The standard InChI is InChI=1S/C19H14ClF3N2.CH3NO/c1-19(2,23)16-9-11(3-5-24-16)13-7-14(18(22)15(21)8-13)12-4-6-25-17(20)10-12;2-1-3/h3-10H,1-2H3;1H,(H2,2,3). The molecule has 0 unspecified atom stereocenters. The van der Waals surface area contributed by atoms with Gasteiger partial charge in [-0.1, -0.05) is 11.6 Å². The molecule has 0 aliphatic heterocycles. The third kappa shape index (κ3) is 5.07. The van der Waals surface area contributed by atoms with Gasteiger partial charge in [0, 0.05) is 18.0 Å². The minimum atomic E-state index is -1.64. The van der Waals surface area contributed by atoms with E-state index in [1.165, 1.54) is 50.5 Å². The normalized spacial score (nSPS) is 10.8. The second kappa shape index (κ2) is 8.84. The summed E-state index contributed by atoms with van der Waals surface area (Å²) in [6.07, 6.45) is 3.11. The first kappa shape index (κ1) is 21.4. The molecule has 1 amide bonds. The number of alkyl halides is 1. The molecule has 0 aliphatic carbocycles. The van der Waals surface area contributed by atoms with Crippen molar-refractivity contribution >= 4 is 18.0 Å². The molecule has 8 heteroatoms. The molecule has 1 aromatic carbocycles. The molecule has 2 heterocycles. The predicted molar refractivity (Wildman–Crippen MR) is 102 cm³/mol. The van der Waals surface area contributed by atoms with E-state index in [2.05, 4.69) is 15.7 Å². The van der Waals surface area contributed by atoms with Crippen molar-refractivity contribution < 1.29 is 18.0 Å². The molecular formula is C20H17ClF3N3O. The molecule has 3 aromatic rings. The van der Waals surface area contributed by atoms with Gasteiger partial charge in [-0.25, -0.2) is 18.2 Å². The number of halogens is 4. The fraction of sp³-hybridized carbons (Fsp3) is 0.150. The Bertz CT molecular complexity index is 991. The van der Waals surface area contributed by atoms with Crippen LogP contribution in [-0.2, 0) is 10.5 Å². The van der Waals surface area contributed by atoms with Crippen LogP contribution in [-0.4, -0.2) is 16.4 Å². The van der Waals surface area contributed by atoms with Crippen LogP contribution in [0.1, 0.15) is 19.5 Å². The maximum atomic E-state index is 14.3. The lowest BCUT2D eigenvalue weighted by Gasteiger charge is -2.15. The van der Waals surface area contributed by atoms with E-state index in [0.29, 0.717) is 16.7 Å². The Morgan fingerprint density at radius 1 is 1.00 bits per heavy atom. The van der Waals surface area contributed by atoms with E-state index in [-0.39, 0.29) is 22.8 Å². The molecule has 0 aliphatic rings. The molecule has 2 N–H and O–H groups in total. The van der Waals surface area contributed by atoms with Crippen LogP contribution in [0.4, 0.5) is 13.2 Å². The number of primary amides is 1. The number of nitrogens with two attached hydrogens (primary N) is 1. The van der Waals surface area contributed by atoms with E-state index in [0.717, 1.165) is 6.07 Å². The molecule has 0 saturated carbocycles. The van der Waals surface area contributed by atoms with E-state index in [1.54, 1.807) is 6.07 Å². The molecule has 0 spiro atoms. The summed E-state index contributed by atoms with van der Waals surface area (Å²) in [5, 5.41) is 0.174. The number of hydrogen-bond acceptors (Lipinski definition) is 3. The molecule has 0 fully saturated rings. The zero-order valence-electron chi connectivity index (χ0n) is 15.1. The van der Waals surface area contributed by atoms with Crippen LogP contribution in [0, 0.1) is 11.6 Å². The van der Waals surface area contributed by atoms with Crippen molar-refractivity contribution in [2.45, 2.75) is 19.5 Å². The fourth-order valence-corrected chi connectivity index (χ4v) is 2.64. The maximum Gasteiger partial charge on any atom is 0.204 e. The topological polar surface area (TPSA) is 68.9 Å². The monoisotopic (exact) mass is 407 g/mol. The fourth-order valence-electron chi connectivity index (χ4n) is 2.47. The number of pyridine rings is 2. The SMILES string of the molecule is CC(C)(F)c1cc(-c2cc(F)c(F)c(-c3ccnc(Cl)c3)c2)ccn1.NC=O. The quantitative estimate of drug-likeness (QED) is 0.488. The van der Waals surface area contributed by atoms with Gasteiger partial charge in [0.25, 0.3) is 0 Å². The third-order valence-electron chi connectivity index (χ3n) is 3.77. The number of benzene rings is 1. The maximum absolute atomic E-state index is 14.3. The van der Waals surface area contributed by atoms with Gasteiger partial charge in [0.05, 0.1) is 5.69 Å². The second-order valence-electron chi connectivity index (χ2n) is 6.23. The zero-order chi connectivity index (χ0) is 20.9. The van der Waals surface area contributed by atoms with Gasteiger partial charge in [-0.3, -0.25) is 9.78 Å². The molecule has 0 atom stereocenters. The Morgan fingerprint density at radius 3 is 2.21 bits per heavy atom. The smallest absolute Gasteiger partial charge is 0.204 e. The van der Waals surface area contributed by atoms with Gasteiger partial charge in [0.2, 0.25) is 6.41 Å². The van der Waals surface area contributed by atoms with Crippen LogP contribution < -0.4 is 5.73 Å².